The highest BCUT2D eigenvalue weighted by molar-refractivity contribution is 7.99. The van der Waals surface area contributed by atoms with E-state index in [0.717, 1.165) is 24.6 Å². The van der Waals surface area contributed by atoms with Gasteiger partial charge in [-0.3, -0.25) is 9.69 Å². The highest BCUT2D eigenvalue weighted by Gasteiger charge is 2.18. The number of carbonyl (C=O) groups is 1. The smallest absolute Gasteiger partial charge is 0.221 e. The Hall–Kier alpha value is -0.460. The van der Waals surface area contributed by atoms with Crippen LogP contribution in [0.4, 0.5) is 0 Å². The molecule has 2 aliphatic rings. The van der Waals surface area contributed by atoms with Crippen molar-refractivity contribution in [2.24, 2.45) is 0 Å². The first-order valence-electron chi connectivity index (χ1n) is 9.60. The van der Waals surface area contributed by atoms with Crippen molar-refractivity contribution in [3.05, 3.63) is 35.4 Å². The Labute approximate surface area is 180 Å². The Morgan fingerprint density at radius 2 is 1.96 bits per heavy atom. The number of halogens is 2. The molecule has 3 rings (SSSR count). The quantitative estimate of drug-likeness (QED) is 0.718. The Morgan fingerprint density at radius 3 is 2.63 bits per heavy atom. The number of hydrogen-bond acceptors (Lipinski definition) is 4. The summed E-state index contributed by atoms with van der Waals surface area (Å²) < 4.78 is 0. The van der Waals surface area contributed by atoms with Gasteiger partial charge in [-0.05, 0) is 37.4 Å². The van der Waals surface area contributed by atoms with Crippen molar-refractivity contribution in [3.63, 3.8) is 0 Å². The van der Waals surface area contributed by atoms with Gasteiger partial charge in [0.15, 0.2) is 0 Å². The zero-order valence-corrected chi connectivity index (χ0v) is 18.6. The number of benzene rings is 1. The number of amides is 1. The maximum Gasteiger partial charge on any atom is 0.221 e. The van der Waals surface area contributed by atoms with Crippen molar-refractivity contribution in [1.29, 1.82) is 0 Å². The van der Waals surface area contributed by atoms with Crippen molar-refractivity contribution in [3.8, 4) is 0 Å². The lowest BCUT2D eigenvalue weighted by atomic mass is 10.0. The van der Waals surface area contributed by atoms with Crippen LogP contribution in [-0.4, -0.2) is 47.5 Å². The fraction of sp³-hybridized carbons (Fsp3) is 0.650. The molecule has 0 aliphatic carbocycles. The number of carbonyl (C=O) groups excluding carboxylic acids is 1. The second-order valence-electron chi connectivity index (χ2n) is 7.34. The summed E-state index contributed by atoms with van der Waals surface area (Å²) in [6.45, 7) is 6.23. The second kappa shape index (κ2) is 12.9. The summed E-state index contributed by atoms with van der Waals surface area (Å²) in [6.07, 6.45) is 4.59. The van der Waals surface area contributed by atoms with Crippen molar-refractivity contribution >= 4 is 42.5 Å². The largest absolute Gasteiger partial charge is 0.352 e. The number of nitrogens with one attached hydrogen (secondary N) is 2. The molecule has 0 radical (unpaired) electrons. The van der Waals surface area contributed by atoms with Gasteiger partial charge in [0.1, 0.15) is 0 Å². The van der Waals surface area contributed by atoms with Crippen LogP contribution in [0.2, 0.25) is 0 Å². The summed E-state index contributed by atoms with van der Waals surface area (Å²) in [6, 6.07) is 9.74. The van der Waals surface area contributed by atoms with Gasteiger partial charge >= 0.3 is 0 Å². The van der Waals surface area contributed by atoms with Gasteiger partial charge in [0.2, 0.25) is 5.91 Å². The van der Waals surface area contributed by atoms with E-state index >= 15 is 0 Å². The number of likely N-dealkylation sites (tertiary alicyclic amines) is 1. The first-order chi connectivity index (χ1) is 12.2. The van der Waals surface area contributed by atoms with Gasteiger partial charge in [-0.1, -0.05) is 30.7 Å². The maximum absolute atomic E-state index is 12.1. The van der Waals surface area contributed by atoms with E-state index in [1.165, 1.54) is 36.9 Å². The van der Waals surface area contributed by atoms with Crippen molar-refractivity contribution in [2.45, 2.75) is 57.8 Å². The first kappa shape index (κ1) is 24.6. The van der Waals surface area contributed by atoms with Crippen LogP contribution in [0.25, 0.3) is 0 Å². The Morgan fingerprint density at radius 1 is 1.22 bits per heavy atom. The van der Waals surface area contributed by atoms with E-state index in [9.17, 15) is 4.79 Å². The minimum absolute atomic E-state index is 0. The van der Waals surface area contributed by atoms with Crippen molar-refractivity contribution in [1.82, 2.24) is 15.5 Å². The number of piperidine rings is 1. The topological polar surface area (TPSA) is 44.4 Å². The molecule has 4 nitrogen and oxygen atoms in total. The molecule has 2 heterocycles. The molecular weight excluding hydrogens is 401 g/mol. The van der Waals surface area contributed by atoms with E-state index in [1.54, 1.807) is 0 Å². The lowest BCUT2D eigenvalue weighted by molar-refractivity contribution is -0.121. The number of hydrogen-bond donors (Lipinski definition) is 2. The number of rotatable bonds is 6. The Balaban J connectivity index is 0.00000182. The zero-order chi connectivity index (χ0) is 17.5. The van der Waals surface area contributed by atoms with Crippen molar-refractivity contribution < 1.29 is 4.79 Å². The molecule has 154 valence electrons. The monoisotopic (exact) mass is 433 g/mol. The average Bonchev–Trinajstić information content (AvgIpc) is 2.64. The standard InChI is InChI=1S/C20H31N3OS.2ClH/c1-16-4-2-3-10-23(16)14-18-7-5-17(6-8-18)13-22-20(24)12-19-15-25-11-9-21-19;;/h5-8,16,19,21H,2-4,9-15H2,1H3,(H,22,24);2*1H. The molecule has 1 aromatic rings. The van der Waals surface area contributed by atoms with Crippen LogP contribution in [-0.2, 0) is 17.9 Å². The molecule has 1 amide bonds. The Bertz CT molecular complexity index is 553. The third kappa shape index (κ3) is 8.20. The summed E-state index contributed by atoms with van der Waals surface area (Å²) >= 11 is 1.93. The second-order valence-corrected chi connectivity index (χ2v) is 8.49. The van der Waals surface area contributed by atoms with E-state index in [2.05, 4.69) is 46.7 Å². The number of thioether (sulfide) groups is 1. The van der Waals surface area contributed by atoms with Crippen LogP contribution in [0, 0.1) is 0 Å². The molecule has 0 spiro atoms. The van der Waals surface area contributed by atoms with E-state index in [4.69, 9.17) is 0 Å². The van der Waals surface area contributed by atoms with Gasteiger partial charge in [-0.25, -0.2) is 0 Å². The molecule has 2 unspecified atom stereocenters. The van der Waals surface area contributed by atoms with Crippen LogP contribution >= 0.6 is 36.6 Å². The van der Waals surface area contributed by atoms with Crippen LogP contribution < -0.4 is 10.6 Å². The van der Waals surface area contributed by atoms with Gasteiger partial charge < -0.3 is 10.6 Å². The van der Waals surface area contributed by atoms with Gasteiger partial charge in [0.05, 0.1) is 0 Å². The molecule has 2 saturated heterocycles. The molecule has 1 aromatic carbocycles. The minimum atomic E-state index is 0. The van der Waals surface area contributed by atoms with Crippen LogP contribution in [0.5, 0.6) is 0 Å². The third-order valence-corrected chi connectivity index (χ3v) is 6.40. The summed E-state index contributed by atoms with van der Waals surface area (Å²) in [4.78, 5) is 14.7. The fourth-order valence-electron chi connectivity index (χ4n) is 3.64. The highest BCUT2D eigenvalue weighted by atomic mass is 35.5. The number of nitrogens with zero attached hydrogens (tertiary/aromatic N) is 1. The molecule has 7 heteroatoms. The molecule has 27 heavy (non-hydrogen) atoms. The minimum Gasteiger partial charge on any atom is -0.352 e. The van der Waals surface area contributed by atoms with E-state index in [1.807, 2.05) is 11.8 Å². The van der Waals surface area contributed by atoms with Crippen molar-refractivity contribution in [2.75, 3.05) is 24.6 Å². The first-order valence-corrected chi connectivity index (χ1v) is 10.8. The molecular formula is C20H33Cl2N3OS. The summed E-state index contributed by atoms with van der Waals surface area (Å²) in [5.41, 5.74) is 2.54. The molecule has 0 saturated carbocycles. The Kier molecular flexibility index (Phi) is 11.7. The van der Waals surface area contributed by atoms with Crippen LogP contribution in [0.15, 0.2) is 24.3 Å². The summed E-state index contributed by atoms with van der Waals surface area (Å²) in [7, 11) is 0. The molecule has 2 atom stereocenters. The van der Waals surface area contributed by atoms with E-state index in [-0.39, 0.29) is 30.7 Å². The SMILES string of the molecule is CC1CCCCN1Cc1ccc(CNC(=O)CC2CSCCN2)cc1.Cl.Cl. The summed E-state index contributed by atoms with van der Waals surface area (Å²) in [5.74, 6) is 2.34. The molecule has 2 aliphatic heterocycles. The molecule has 0 bridgehead atoms. The third-order valence-electron chi connectivity index (χ3n) is 5.27. The molecule has 2 N–H and O–H groups in total. The maximum atomic E-state index is 12.1. The van der Waals surface area contributed by atoms with E-state index in [0.29, 0.717) is 25.0 Å². The van der Waals surface area contributed by atoms with Gasteiger partial charge in [-0.15, -0.1) is 24.8 Å². The normalized spacial score (nSPS) is 23.0. The highest BCUT2D eigenvalue weighted by Crippen LogP contribution is 2.19. The molecule has 0 aromatic heterocycles. The summed E-state index contributed by atoms with van der Waals surface area (Å²) in [5, 5.41) is 6.47. The predicted molar refractivity (Wildman–Crippen MR) is 120 cm³/mol. The lowest BCUT2D eigenvalue weighted by Crippen LogP contribution is -2.41. The van der Waals surface area contributed by atoms with E-state index < -0.39 is 0 Å². The fourth-order valence-corrected chi connectivity index (χ4v) is 4.59. The lowest BCUT2D eigenvalue weighted by Gasteiger charge is -2.33. The average molecular weight is 434 g/mol. The van der Waals surface area contributed by atoms with Gasteiger partial charge in [0, 0.05) is 49.6 Å². The van der Waals surface area contributed by atoms with Crippen LogP contribution in [0.3, 0.4) is 0 Å². The van der Waals surface area contributed by atoms with Gasteiger partial charge in [-0.2, -0.15) is 11.8 Å². The zero-order valence-electron chi connectivity index (χ0n) is 16.1. The van der Waals surface area contributed by atoms with Crippen LogP contribution in [0.1, 0.15) is 43.7 Å². The predicted octanol–water partition coefficient (Wildman–Crippen LogP) is 3.62. The molecule has 2 fully saturated rings. The van der Waals surface area contributed by atoms with Gasteiger partial charge in [0.25, 0.3) is 0 Å².